The van der Waals surface area contributed by atoms with E-state index in [0.29, 0.717) is 17.4 Å². The Morgan fingerprint density at radius 2 is 1.74 bits per heavy atom. The van der Waals surface area contributed by atoms with Crippen molar-refractivity contribution in [3.63, 3.8) is 0 Å². The van der Waals surface area contributed by atoms with Crippen molar-refractivity contribution >= 4 is 5.91 Å². The summed E-state index contributed by atoms with van der Waals surface area (Å²) in [5, 5.41) is 0. The fourth-order valence-corrected chi connectivity index (χ4v) is 4.81. The lowest BCUT2D eigenvalue weighted by Gasteiger charge is -2.37. The molecule has 1 unspecified atom stereocenters. The van der Waals surface area contributed by atoms with Gasteiger partial charge in [-0.15, -0.1) is 0 Å². The maximum Gasteiger partial charge on any atom is 0.254 e. The number of likely N-dealkylation sites (tertiary alicyclic amines) is 2. The van der Waals surface area contributed by atoms with Gasteiger partial charge >= 0.3 is 0 Å². The van der Waals surface area contributed by atoms with E-state index in [0.717, 1.165) is 38.1 Å². The Morgan fingerprint density at radius 3 is 2.48 bits per heavy atom. The van der Waals surface area contributed by atoms with E-state index in [1.54, 1.807) is 7.11 Å². The number of carbonyl (C=O) groups is 1. The Bertz CT molecular complexity index is 651. The molecule has 1 aliphatic carbocycles. The van der Waals surface area contributed by atoms with Crippen LogP contribution in [-0.4, -0.2) is 61.1 Å². The van der Waals surface area contributed by atoms with E-state index in [1.807, 2.05) is 23.1 Å². The second-order valence-corrected chi connectivity index (χ2v) is 8.18. The minimum absolute atomic E-state index is 0.115. The molecule has 0 radical (unpaired) electrons. The summed E-state index contributed by atoms with van der Waals surface area (Å²) >= 11 is 0. The van der Waals surface area contributed by atoms with Gasteiger partial charge in [-0.2, -0.15) is 0 Å². The number of hydrogen-bond donors (Lipinski definition) is 0. The minimum Gasteiger partial charge on any atom is -0.493 e. The molecule has 3 aliphatic rings. The predicted molar refractivity (Wildman–Crippen MR) is 106 cm³/mol. The molecule has 148 valence electrons. The zero-order chi connectivity index (χ0) is 18.6. The Hall–Kier alpha value is -1.75. The fourth-order valence-electron chi connectivity index (χ4n) is 4.81. The van der Waals surface area contributed by atoms with Gasteiger partial charge in [-0.1, -0.05) is 0 Å². The van der Waals surface area contributed by atoms with Crippen molar-refractivity contribution < 1.29 is 14.3 Å². The molecule has 1 atom stereocenters. The molecule has 5 nitrogen and oxygen atoms in total. The average molecular weight is 373 g/mol. The molecule has 2 heterocycles. The Morgan fingerprint density at radius 1 is 0.963 bits per heavy atom. The van der Waals surface area contributed by atoms with E-state index < -0.39 is 0 Å². The number of amides is 1. The van der Waals surface area contributed by atoms with E-state index in [1.165, 1.54) is 45.2 Å². The standard InChI is InChI=1S/C22H32N2O3/c1-26-21-15-17(10-11-20(21)27-19-8-2-3-9-19)22(25)24-14-6-7-18(16-24)23-12-4-5-13-23/h10-11,15,18-19H,2-9,12-14,16H2,1H3. The first-order valence-electron chi connectivity index (χ1n) is 10.6. The number of carbonyl (C=O) groups excluding carboxylic acids is 1. The van der Waals surface area contributed by atoms with E-state index in [4.69, 9.17) is 9.47 Å². The summed E-state index contributed by atoms with van der Waals surface area (Å²) in [6, 6.07) is 6.18. The Labute approximate surface area is 162 Å². The third kappa shape index (κ3) is 4.23. The maximum absolute atomic E-state index is 13.1. The predicted octanol–water partition coefficient (Wildman–Crippen LogP) is 3.72. The highest BCUT2D eigenvalue weighted by atomic mass is 16.5. The average Bonchev–Trinajstić information content (AvgIpc) is 3.42. The van der Waals surface area contributed by atoms with Crippen molar-refractivity contribution in [2.45, 2.75) is 63.5 Å². The van der Waals surface area contributed by atoms with Crippen LogP contribution in [0.3, 0.4) is 0 Å². The number of nitrogens with zero attached hydrogens (tertiary/aromatic N) is 2. The van der Waals surface area contributed by atoms with E-state index in [2.05, 4.69) is 4.90 Å². The highest BCUT2D eigenvalue weighted by Crippen LogP contribution is 2.33. The SMILES string of the molecule is COc1cc(C(=O)N2CCCC(N3CCCC3)C2)ccc1OC1CCCC1. The van der Waals surface area contributed by atoms with Crippen molar-refractivity contribution in [3.8, 4) is 11.5 Å². The van der Waals surface area contributed by atoms with Crippen LogP contribution < -0.4 is 9.47 Å². The van der Waals surface area contributed by atoms with Gasteiger partial charge in [-0.3, -0.25) is 9.69 Å². The molecule has 1 aromatic rings. The third-order valence-electron chi connectivity index (χ3n) is 6.35. The van der Waals surface area contributed by atoms with Gasteiger partial charge in [0, 0.05) is 24.7 Å². The van der Waals surface area contributed by atoms with Gasteiger partial charge in [0.05, 0.1) is 13.2 Å². The van der Waals surface area contributed by atoms with Crippen LogP contribution in [0.1, 0.15) is 61.7 Å². The molecule has 0 aromatic heterocycles. The van der Waals surface area contributed by atoms with Crippen molar-refractivity contribution in [2.24, 2.45) is 0 Å². The molecule has 2 saturated heterocycles. The van der Waals surface area contributed by atoms with E-state index in [-0.39, 0.29) is 12.0 Å². The monoisotopic (exact) mass is 372 g/mol. The summed E-state index contributed by atoms with van der Waals surface area (Å²) in [7, 11) is 1.65. The molecular formula is C22H32N2O3. The number of benzene rings is 1. The summed E-state index contributed by atoms with van der Waals surface area (Å²) < 4.78 is 11.6. The molecule has 27 heavy (non-hydrogen) atoms. The molecule has 0 N–H and O–H groups in total. The zero-order valence-corrected chi connectivity index (χ0v) is 16.5. The molecule has 0 bridgehead atoms. The van der Waals surface area contributed by atoms with Gasteiger partial charge in [0.25, 0.3) is 5.91 Å². The van der Waals surface area contributed by atoms with E-state index in [9.17, 15) is 4.79 Å². The minimum atomic E-state index is 0.115. The molecule has 2 aliphatic heterocycles. The lowest BCUT2D eigenvalue weighted by Crippen LogP contribution is -2.49. The van der Waals surface area contributed by atoms with Gasteiger partial charge in [0.2, 0.25) is 0 Å². The lowest BCUT2D eigenvalue weighted by atomic mass is 10.0. The topological polar surface area (TPSA) is 42.0 Å². The fraction of sp³-hybridized carbons (Fsp3) is 0.682. The molecule has 1 amide bonds. The number of ether oxygens (including phenoxy) is 2. The largest absolute Gasteiger partial charge is 0.493 e. The second-order valence-electron chi connectivity index (χ2n) is 8.18. The summed E-state index contributed by atoms with van der Waals surface area (Å²) in [6.07, 6.45) is 9.85. The second kappa shape index (κ2) is 8.51. The third-order valence-corrected chi connectivity index (χ3v) is 6.35. The molecule has 0 spiro atoms. The first kappa shape index (κ1) is 18.6. The van der Waals surface area contributed by atoms with Crippen LogP contribution in [0.2, 0.25) is 0 Å². The van der Waals surface area contributed by atoms with Crippen LogP contribution in [0.4, 0.5) is 0 Å². The highest BCUT2D eigenvalue weighted by molar-refractivity contribution is 5.95. The van der Waals surface area contributed by atoms with Crippen molar-refractivity contribution in [3.05, 3.63) is 23.8 Å². The summed E-state index contributed by atoms with van der Waals surface area (Å²) in [6.45, 7) is 4.08. The van der Waals surface area contributed by atoms with Crippen molar-refractivity contribution in [1.82, 2.24) is 9.80 Å². The molecule has 4 rings (SSSR count). The molecule has 3 fully saturated rings. The number of methoxy groups -OCH3 is 1. The van der Waals surface area contributed by atoms with Gasteiger partial charge in [-0.25, -0.2) is 0 Å². The quantitative estimate of drug-likeness (QED) is 0.790. The molecular weight excluding hydrogens is 340 g/mol. The summed E-state index contributed by atoms with van der Waals surface area (Å²) in [4.78, 5) is 17.7. The van der Waals surface area contributed by atoms with Crippen LogP contribution in [0.5, 0.6) is 11.5 Å². The van der Waals surface area contributed by atoms with Crippen LogP contribution >= 0.6 is 0 Å². The number of rotatable bonds is 5. The lowest BCUT2D eigenvalue weighted by molar-refractivity contribution is 0.0607. The van der Waals surface area contributed by atoms with Gasteiger partial charge in [-0.05, 0) is 82.7 Å². The summed E-state index contributed by atoms with van der Waals surface area (Å²) in [5.41, 5.74) is 0.702. The Kier molecular flexibility index (Phi) is 5.86. The first-order valence-corrected chi connectivity index (χ1v) is 10.6. The molecule has 1 aromatic carbocycles. The summed E-state index contributed by atoms with van der Waals surface area (Å²) in [5.74, 6) is 1.54. The molecule has 1 saturated carbocycles. The van der Waals surface area contributed by atoms with Gasteiger partial charge < -0.3 is 14.4 Å². The number of piperidine rings is 1. The van der Waals surface area contributed by atoms with Crippen LogP contribution in [0, 0.1) is 0 Å². The Balaban J connectivity index is 1.44. The highest BCUT2D eigenvalue weighted by Gasteiger charge is 2.30. The number of hydrogen-bond acceptors (Lipinski definition) is 4. The molecule has 5 heteroatoms. The zero-order valence-electron chi connectivity index (χ0n) is 16.5. The normalized spacial score (nSPS) is 24.3. The van der Waals surface area contributed by atoms with Crippen LogP contribution in [0.25, 0.3) is 0 Å². The van der Waals surface area contributed by atoms with E-state index >= 15 is 0 Å². The van der Waals surface area contributed by atoms with Crippen molar-refractivity contribution in [2.75, 3.05) is 33.3 Å². The van der Waals surface area contributed by atoms with Crippen LogP contribution in [-0.2, 0) is 0 Å². The first-order chi connectivity index (χ1) is 13.2. The maximum atomic E-state index is 13.1. The van der Waals surface area contributed by atoms with Crippen molar-refractivity contribution in [1.29, 1.82) is 0 Å². The van der Waals surface area contributed by atoms with Crippen LogP contribution in [0.15, 0.2) is 18.2 Å². The smallest absolute Gasteiger partial charge is 0.254 e. The van der Waals surface area contributed by atoms with Gasteiger partial charge in [0.1, 0.15) is 0 Å². The van der Waals surface area contributed by atoms with Gasteiger partial charge in [0.15, 0.2) is 11.5 Å².